The second-order valence-electron chi connectivity index (χ2n) is 2.82. The maximum absolute atomic E-state index is 10.6. The molecular weight excluding hydrogens is 156 g/mol. The van der Waals surface area contributed by atoms with Crippen molar-refractivity contribution in [1.29, 1.82) is 0 Å². The number of rotatable bonds is 1. The van der Waals surface area contributed by atoms with E-state index in [1.54, 1.807) is 0 Å². The van der Waals surface area contributed by atoms with Crippen molar-refractivity contribution in [3.05, 3.63) is 35.4 Å². The van der Waals surface area contributed by atoms with Gasteiger partial charge in [-0.05, 0) is 12.0 Å². The second-order valence-corrected chi connectivity index (χ2v) is 3.58. The van der Waals surface area contributed by atoms with E-state index in [0.29, 0.717) is 0 Å². The van der Waals surface area contributed by atoms with Crippen LogP contribution in [0, 0.1) is 0 Å². The van der Waals surface area contributed by atoms with Gasteiger partial charge in [0.15, 0.2) is 0 Å². The first kappa shape index (κ1) is 6.92. The van der Waals surface area contributed by atoms with Gasteiger partial charge >= 0.3 is 11.7 Å². The maximum Gasteiger partial charge on any atom is 0.467 e. The number of hydrogen-bond donors (Lipinski definition) is 0. The Morgan fingerprint density at radius 3 is 3.00 bits per heavy atom. The summed E-state index contributed by atoms with van der Waals surface area (Å²) in [6, 6.07) is 8.23. The highest BCUT2D eigenvalue weighted by atomic mass is 32.1. The van der Waals surface area contributed by atoms with Crippen LogP contribution < -0.4 is 0 Å². The normalized spacial score (nSPS) is 21.3. The molecule has 11 heavy (non-hydrogen) atoms. The number of benzene rings is 1. The van der Waals surface area contributed by atoms with Crippen molar-refractivity contribution in [2.75, 3.05) is 0 Å². The van der Waals surface area contributed by atoms with Crippen LogP contribution in [0.1, 0.15) is 22.8 Å². The number of hydrogen-bond acceptors (Lipinski definition) is 1. The molecule has 0 N–H and O–H groups in total. The average molecular weight is 165 g/mol. The lowest BCUT2D eigenvalue weighted by atomic mass is 10.1. The molecule has 0 aliphatic heterocycles. The van der Waals surface area contributed by atoms with Crippen LogP contribution in [-0.4, -0.2) is 0 Å². The van der Waals surface area contributed by atoms with E-state index < -0.39 is 0 Å². The SMILES string of the molecule is O=[S+]C1CCc2ccccc21. The Morgan fingerprint density at radius 1 is 1.36 bits per heavy atom. The summed E-state index contributed by atoms with van der Waals surface area (Å²) in [4.78, 5) is 0. The third-order valence-corrected chi connectivity index (χ3v) is 2.92. The van der Waals surface area contributed by atoms with Crippen LogP contribution in [0.25, 0.3) is 0 Å². The van der Waals surface area contributed by atoms with Gasteiger partial charge < -0.3 is 0 Å². The Kier molecular flexibility index (Phi) is 1.70. The fourth-order valence-electron chi connectivity index (χ4n) is 1.62. The van der Waals surface area contributed by atoms with Gasteiger partial charge in [0.1, 0.15) is 0 Å². The highest BCUT2D eigenvalue weighted by Gasteiger charge is 2.31. The molecule has 0 bridgehead atoms. The van der Waals surface area contributed by atoms with Gasteiger partial charge in [-0.15, -0.1) is 0 Å². The fraction of sp³-hybridized carbons (Fsp3) is 0.333. The van der Waals surface area contributed by atoms with Crippen LogP contribution in [0.4, 0.5) is 0 Å². The fourth-order valence-corrected chi connectivity index (χ4v) is 2.17. The molecule has 1 unspecified atom stereocenters. The first-order valence-electron chi connectivity index (χ1n) is 3.78. The number of aryl methyl sites for hydroxylation is 1. The molecule has 0 amide bonds. The molecule has 2 heteroatoms. The van der Waals surface area contributed by atoms with Gasteiger partial charge in [0.05, 0.1) is 0 Å². The molecular formula is C9H9OS+. The van der Waals surface area contributed by atoms with E-state index in [1.807, 2.05) is 12.1 Å². The minimum Gasteiger partial charge on any atom is -0.0620 e. The van der Waals surface area contributed by atoms with Crippen molar-refractivity contribution in [3.63, 3.8) is 0 Å². The van der Waals surface area contributed by atoms with E-state index >= 15 is 0 Å². The summed E-state index contributed by atoms with van der Waals surface area (Å²) in [6.45, 7) is 0. The van der Waals surface area contributed by atoms with Gasteiger partial charge in [-0.25, -0.2) is 0 Å². The summed E-state index contributed by atoms with van der Waals surface area (Å²) >= 11 is 0.725. The third kappa shape index (κ3) is 1.07. The van der Waals surface area contributed by atoms with Crippen LogP contribution in [0.2, 0.25) is 0 Å². The van der Waals surface area contributed by atoms with E-state index in [4.69, 9.17) is 0 Å². The quantitative estimate of drug-likeness (QED) is 0.582. The smallest absolute Gasteiger partial charge is 0.0620 e. The van der Waals surface area contributed by atoms with Crippen LogP contribution in [0.15, 0.2) is 24.3 Å². The Morgan fingerprint density at radius 2 is 2.18 bits per heavy atom. The summed E-state index contributed by atoms with van der Waals surface area (Å²) in [5, 5.41) is 0.214. The molecule has 1 aliphatic carbocycles. The summed E-state index contributed by atoms with van der Waals surface area (Å²) in [7, 11) is 0. The molecule has 1 aromatic carbocycles. The highest BCUT2D eigenvalue weighted by Crippen LogP contribution is 2.31. The topological polar surface area (TPSA) is 17.1 Å². The lowest BCUT2D eigenvalue weighted by Crippen LogP contribution is -1.88. The Balaban J connectivity index is 2.46. The first-order chi connectivity index (χ1) is 5.42. The zero-order valence-corrected chi connectivity index (χ0v) is 6.93. The van der Waals surface area contributed by atoms with E-state index in [1.165, 1.54) is 11.1 Å². The largest absolute Gasteiger partial charge is 0.467 e. The standard InChI is InChI=1S/C9H9OS/c10-11-9-6-5-7-3-1-2-4-8(7)9/h1-4,9H,5-6H2/q+1. The lowest BCUT2D eigenvalue weighted by Gasteiger charge is -1.92. The van der Waals surface area contributed by atoms with Crippen LogP contribution in [-0.2, 0) is 22.3 Å². The molecule has 1 atom stereocenters. The van der Waals surface area contributed by atoms with Gasteiger partial charge in [0, 0.05) is 16.2 Å². The van der Waals surface area contributed by atoms with Crippen LogP contribution >= 0.6 is 0 Å². The van der Waals surface area contributed by atoms with Gasteiger partial charge in [0.2, 0.25) is 0 Å². The summed E-state index contributed by atoms with van der Waals surface area (Å²) in [5.74, 6) is 0. The predicted molar refractivity (Wildman–Crippen MR) is 45.6 cm³/mol. The molecule has 0 saturated heterocycles. The van der Waals surface area contributed by atoms with E-state index in [-0.39, 0.29) is 5.25 Å². The van der Waals surface area contributed by atoms with Crippen LogP contribution in [0.5, 0.6) is 0 Å². The Bertz CT molecular complexity index is 283. The second kappa shape index (κ2) is 2.70. The molecule has 56 valence electrons. The molecule has 0 aromatic heterocycles. The zero-order valence-electron chi connectivity index (χ0n) is 6.12. The number of fused-ring (bicyclic) bond motifs is 1. The van der Waals surface area contributed by atoms with Gasteiger partial charge in [-0.2, -0.15) is 0 Å². The maximum atomic E-state index is 10.6. The van der Waals surface area contributed by atoms with Crippen molar-refractivity contribution in [3.8, 4) is 0 Å². The highest BCUT2D eigenvalue weighted by molar-refractivity contribution is 7.65. The predicted octanol–water partition coefficient (Wildman–Crippen LogP) is 2.10. The molecule has 0 heterocycles. The first-order valence-corrected chi connectivity index (χ1v) is 4.58. The van der Waals surface area contributed by atoms with Crippen molar-refractivity contribution >= 4 is 11.7 Å². The molecule has 0 spiro atoms. The molecule has 0 fully saturated rings. The van der Waals surface area contributed by atoms with E-state index in [2.05, 4.69) is 12.1 Å². The third-order valence-electron chi connectivity index (χ3n) is 2.19. The molecule has 0 saturated carbocycles. The molecule has 0 radical (unpaired) electrons. The zero-order chi connectivity index (χ0) is 7.68. The van der Waals surface area contributed by atoms with Crippen molar-refractivity contribution in [2.45, 2.75) is 18.1 Å². The van der Waals surface area contributed by atoms with Crippen molar-refractivity contribution in [2.24, 2.45) is 0 Å². The summed E-state index contributed by atoms with van der Waals surface area (Å²) in [6.07, 6.45) is 2.10. The van der Waals surface area contributed by atoms with Crippen molar-refractivity contribution in [1.82, 2.24) is 0 Å². The van der Waals surface area contributed by atoms with E-state index in [9.17, 15) is 4.21 Å². The molecule has 1 aliphatic rings. The average Bonchev–Trinajstić information content (AvgIpc) is 2.47. The summed E-state index contributed by atoms with van der Waals surface area (Å²) < 4.78 is 10.6. The monoisotopic (exact) mass is 165 g/mol. The van der Waals surface area contributed by atoms with Crippen LogP contribution in [0.3, 0.4) is 0 Å². The minimum atomic E-state index is 0.214. The molecule has 1 aromatic rings. The van der Waals surface area contributed by atoms with Crippen molar-refractivity contribution < 1.29 is 4.21 Å². The van der Waals surface area contributed by atoms with Gasteiger partial charge in [-0.3, -0.25) is 0 Å². The minimum absolute atomic E-state index is 0.214. The Labute approximate surface area is 69.9 Å². The molecule has 1 nitrogen and oxygen atoms in total. The summed E-state index contributed by atoms with van der Waals surface area (Å²) in [5.41, 5.74) is 2.62. The lowest BCUT2D eigenvalue weighted by molar-refractivity contribution is 0.598. The molecule has 2 rings (SSSR count). The van der Waals surface area contributed by atoms with Gasteiger partial charge in [-0.1, -0.05) is 24.3 Å². The Hall–Kier alpha value is -0.760. The van der Waals surface area contributed by atoms with E-state index in [0.717, 1.165) is 24.5 Å². The van der Waals surface area contributed by atoms with Gasteiger partial charge in [0.25, 0.3) is 5.25 Å².